The Morgan fingerprint density at radius 1 is 1.28 bits per heavy atom. The second-order valence-corrected chi connectivity index (χ2v) is 5.93. The van der Waals surface area contributed by atoms with E-state index in [-0.39, 0.29) is 0 Å². The summed E-state index contributed by atoms with van der Waals surface area (Å²) in [6.45, 7) is 7.07. The summed E-state index contributed by atoms with van der Waals surface area (Å²) in [4.78, 5) is 5.76. The van der Waals surface area contributed by atoms with Gasteiger partial charge in [0, 0.05) is 17.0 Å². The monoisotopic (exact) mass is 260 g/mol. The Balaban J connectivity index is 2.34. The van der Waals surface area contributed by atoms with Gasteiger partial charge in [-0.2, -0.15) is 0 Å². The van der Waals surface area contributed by atoms with Crippen molar-refractivity contribution in [2.24, 2.45) is 5.73 Å². The molecular weight excluding hydrogens is 240 g/mol. The highest BCUT2D eigenvalue weighted by Gasteiger charge is 2.10. The highest BCUT2D eigenvalue weighted by Crippen LogP contribution is 2.29. The number of hydrogen-bond acceptors (Lipinski definition) is 3. The van der Waals surface area contributed by atoms with E-state index < -0.39 is 0 Å². The van der Waals surface area contributed by atoms with Gasteiger partial charge in [0.1, 0.15) is 0 Å². The third-order valence-electron chi connectivity index (χ3n) is 3.36. The Hall–Kier alpha value is -1.19. The fourth-order valence-corrected chi connectivity index (χ4v) is 2.88. The van der Waals surface area contributed by atoms with Gasteiger partial charge in [0.2, 0.25) is 0 Å². The van der Waals surface area contributed by atoms with Crippen LogP contribution in [0.3, 0.4) is 0 Å². The smallest absolute Gasteiger partial charge is 0.0905 e. The lowest BCUT2D eigenvalue weighted by molar-refractivity contribution is 0.734. The molecule has 1 atom stereocenters. The van der Waals surface area contributed by atoms with E-state index >= 15 is 0 Å². The van der Waals surface area contributed by atoms with Crippen molar-refractivity contribution < 1.29 is 0 Å². The van der Waals surface area contributed by atoms with Crippen molar-refractivity contribution in [3.8, 4) is 11.3 Å². The zero-order valence-electron chi connectivity index (χ0n) is 11.2. The van der Waals surface area contributed by atoms with Crippen LogP contribution >= 0.6 is 11.3 Å². The van der Waals surface area contributed by atoms with Crippen LogP contribution in [0.2, 0.25) is 0 Å². The second-order valence-electron chi connectivity index (χ2n) is 4.64. The summed E-state index contributed by atoms with van der Waals surface area (Å²) in [7, 11) is 0. The number of benzene rings is 1. The van der Waals surface area contributed by atoms with E-state index in [1.54, 1.807) is 11.3 Å². The summed E-state index contributed by atoms with van der Waals surface area (Å²) in [6.07, 6.45) is 1.17. The van der Waals surface area contributed by atoms with Gasteiger partial charge in [0.25, 0.3) is 0 Å². The maximum Gasteiger partial charge on any atom is 0.0905 e. The Kier molecular flexibility index (Phi) is 4.15. The standard InChI is InChI=1S/C15H20N2S/c1-4-10(2)12-5-7-13(8-6-12)15-14(9-16)18-11(3)17-15/h5-8,10H,4,9,16H2,1-3H3. The van der Waals surface area contributed by atoms with E-state index in [9.17, 15) is 0 Å². The van der Waals surface area contributed by atoms with Gasteiger partial charge in [0.15, 0.2) is 0 Å². The molecule has 0 spiro atoms. The van der Waals surface area contributed by atoms with Crippen LogP contribution in [0.15, 0.2) is 24.3 Å². The predicted octanol–water partition coefficient (Wildman–Crippen LogP) is 4.09. The number of rotatable bonds is 4. The van der Waals surface area contributed by atoms with Crippen molar-refractivity contribution in [3.63, 3.8) is 0 Å². The van der Waals surface area contributed by atoms with Gasteiger partial charge in [0.05, 0.1) is 10.7 Å². The highest BCUT2D eigenvalue weighted by atomic mass is 32.1. The lowest BCUT2D eigenvalue weighted by Crippen LogP contribution is -1.96. The van der Waals surface area contributed by atoms with E-state index in [0.717, 1.165) is 10.7 Å². The van der Waals surface area contributed by atoms with Gasteiger partial charge in [-0.1, -0.05) is 38.1 Å². The molecule has 0 amide bonds. The Labute approximate surface area is 113 Å². The van der Waals surface area contributed by atoms with Crippen LogP contribution in [0.4, 0.5) is 0 Å². The van der Waals surface area contributed by atoms with Crippen molar-refractivity contribution in [1.82, 2.24) is 4.98 Å². The minimum Gasteiger partial charge on any atom is -0.326 e. The molecule has 1 unspecified atom stereocenters. The molecule has 0 aliphatic heterocycles. The SMILES string of the molecule is CCC(C)c1ccc(-c2nc(C)sc2CN)cc1. The van der Waals surface area contributed by atoms with Crippen LogP contribution in [-0.2, 0) is 6.54 Å². The first-order valence-electron chi connectivity index (χ1n) is 6.42. The van der Waals surface area contributed by atoms with E-state index in [1.807, 2.05) is 6.92 Å². The summed E-state index contributed by atoms with van der Waals surface area (Å²) in [5.41, 5.74) is 9.39. The number of hydrogen-bond donors (Lipinski definition) is 1. The molecule has 1 aromatic carbocycles. The van der Waals surface area contributed by atoms with Crippen molar-refractivity contribution in [3.05, 3.63) is 39.7 Å². The Morgan fingerprint density at radius 3 is 2.50 bits per heavy atom. The van der Waals surface area contributed by atoms with Crippen LogP contribution in [-0.4, -0.2) is 4.98 Å². The largest absolute Gasteiger partial charge is 0.326 e. The molecule has 2 rings (SSSR count). The van der Waals surface area contributed by atoms with Crippen molar-refractivity contribution in [2.45, 2.75) is 39.7 Å². The molecule has 0 aliphatic carbocycles. The van der Waals surface area contributed by atoms with Crippen LogP contribution < -0.4 is 5.73 Å². The summed E-state index contributed by atoms with van der Waals surface area (Å²) in [6, 6.07) is 8.74. The zero-order chi connectivity index (χ0) is 13.1. The molecule has 0 fully saturated rings. The van der Waals surface area contributed by atoms with Gasteiger partial charge in [-0.05, 0) is 24.8 Å². The minimum atomic E-state index is 0.563. The van der Waals surface area contributed by atoms with E-state index in [1.165, 1.54) is 22.4 Å². The van der Waals surface area contributed by atoms with Crippen LogP contribution in [0.5, 0.6) is 0 Å². The van der Waals surface area contributed by atoms with E-state index in [4.69, 9.17) is 5.73 Å². The first-order chi connectivity index (χ1) is 8.65. The molecule has 0 bridgehead atoms. The molecule has 1 aromatic heterocycles. The second kappa shape index (κ2) is 5.63. The maximum absolute atomic E-state index is 5.77. The average molecular weight is 260 g/mol. The number of nitrogens with zero attached hydrogens (tertiary/aromatic N) is 1. The predicted molar refractivity (Wildman–Crippen MR) is 78.9 cm³/mol. The Morgan fingerprint density at radius 2 is 1.94 bits per heavy atom. The van der Waals surface area contributed by atoms with Crippen LogP contribution in [0.25, 0.3) is 11.3 Å². The maximum atomic E-state index is 5.77. The molecule has 0 saturated carbocycles. The molecule has 0 aliphatic rings. The summed E-state index contributed by atoms with van der Waals surface area (Å²) in [5, 5.41) is 1.08. The molecular formula is C15H20N2S. The van der Waals surface area contributed by atoms with Crippen molar-refractivity contribution >= 4 is 11.3 Å². The van der Waals surface area contributed by atoms with Crippen molar-refractivity contribution in [1.29, 1.82) is 0 Å². The normalized spacial score (nSPS) is 12.7. The average Bonchev–Trinajstić information content (AvgIpc) is 2.79. The van der Waals surface area contributed by atoms with E-state index in [2.05, 4.69) is 43.1 Å². The fraction of sp³-hybridized carbons (Fsp3) is 0.400. The molecule has 2 N–H and O–H groups in total. The lowest BCUT2D eigenvalue weighted by Gasteiger charge is -2.09. The van der Waals surface area contributed by atoms with Crippen LogP contribution in [0, 0.1) is 6.92 Å². The van der Waals surface area contributed by atoms with Gasteiger partial charge < -0.3 is 5.73 Å². The molecule has 96 valence electrons. The minimum absolute atomic E-state index is 0.563. The highest BCUT2D eigenvalue weighted by molar-refractivity contribution is 7.12. The first kappa shape index (κ1) is 13.2. The summed E-state index contributed by atoms with van der Waals surface area (Å²) >= 11 is 1.69. The van der Waals surface area contributed by atoms with Crippen LogP contribution in [0.1, 0.15) is 41.6 Å². The molecule has 1 heterocycles. The topological polar surface area (TPSA) is 38.9 Å². The van der Waals surface area contributed by atoms with Gasteiger partial charge in [-0.25, -0.2) is 4.98 Å². The lowest BCUT2D eigenvalue weighted by atomic mass is 9.97. The van der Waals surface area contributed by atoms with Crippen molar-refractivity contribution in [2.75, 3.05) is 0 Å². The molecule has 2 nitrogen and oxygen atoms in total. The fourth-order valence-electron chi connectivity index (χ4n) is 2.04. The van der Waals surface area contributed by atoms with Gasteiger partial charge in [-0.15, -0.1) is 11.3 Å². The molecule has 18 heavy (non-hydrogen) atoms. The third-order valence-corrected chi connectivity index (χ3v) is 4.35. The number of aryl methyl sites for hydroxylation is 1. The number of thiazole rings is 1. The third kappa shape index (κ3) is 2.62. The molecule has 0 radical (unpaired) electrons. The molecule has 2 aromatic rings. The number of aromatic nitrogens is 1. The summed E-state index contributed by atoms with van der Waals surface area (Å²) < 4.78 is 0. The number of nitrogens with two attached hydrogens (primary N) is 1. The Bertz CT molecular complexity index is 514. The quantitative estimate of drug-likeness (QED) is 0.899. The molecule has 3 heteroatoms. The van der Waals surface area contributed by atoms with E-state index in [0.29, 0.717) is 12.5 Å². The zero-order valence-corrected chi connectivity index (χ0v) is 12.1. The molecule has 0 saturated heterocycles. The first-order valence-corrected chi connectivity index (χ1v) is 7.24. The summed E-state index contributed by atoms with van der Waals surface area (Å²) in [5.74, 6) is 0.616. The van der Waals surface area contributed by atoms with Gasteiger partial charge in [-0.3, -0.25) is 0 Å². The van der Waals surface area contributed by atoms with Gasteiger partial charge >= 0.3 is 0 Å².